The predicted molar refractivity (Wildman–Crippen MR) is 68.9 cm³/mol. The summed E-state index contributed by atoms with van der Waals surface area (Å²) in [6.07, 6.45) is 2.23. The second kappa shape index (κ2) is 6.16. The van der Waals surface area contributed by atoms with Gasteiger partial charge in [-0.05, 0) is 30.4 Å². The zero-order valence-electron chi connectivity index (χ0n) is 9.66. The fourth-order valence-electron chi connectivity index (χ4n) is 1.75. The monoisotopic (exact) mass is 270 g/mol. The SMILES string of the molecule is CCC(Br)C(C)Cc1ccccc1OC. The summed E-state index contributed by atoms with van der Waals surface area (Å²) < 4.78 is 5.34. The molecule has 2 heteroatoms. The van der Waals surface area contributed by atoms with E-state index in [4.69, 9.17) is 4.74 Å². The number of hydrogen-bond donors (Lipinski definition) is 0. The van der Waals surface area contributed by atoms with E-state index in [2.05, 4.69) is 41.9 Å². The lowest BCUT2D eigenvalue weighted by atomic mass is 9.96. The fourth-order valence-corrected chi connectivity index (χ4v) is 1.94. The Morgan fingerprint density at radius 2 is 2.00 bits per heavy atom. The van der Waals surface area contributed by atoms with Crippen LogP contribution < -0.4 is 4.74 Å². The van der Waals surface area contributed by atoms with Gasteiger partial charge < -0.3 is 4.74 Å². The lowest BCUT2D eigenvalue weighted by Crippen LogP contribution is -2.13. The Bertz CT molecular complexity index is 298. The summed E-state index contributed by atoms with van der Waals surface area (Å²) >= 11 is 3.71. The molecule has 0 saturated carbocycles. The van der Waals surface area contributed by atoms with Gasteiger partial charge in [0.1, 0.15) is 5.75 Å². The summed E-state index contributed by atoms with van der Waals surface area (Å²) in [7, 11) is 1.73. The molecule has 1 aromatic rings. The molecule has 0 heterocycles. The third-order valence-electron chi connectivity index (χ3n) is 2.74. The standard InChI is InChI=1S/C13H19BrO/c1-4-12(14)10(2)9-11-7-5-6-8-13(11)15-3/h5-8,10,12H,4,9H2,1-3H3. The van der Waals surface area contributed by atoms with Crippen LogP contribution in [-0.2, 0) is 6.42 Å². The highest BCUT2D eigenvalue weighted by Crippen LogP contribution is 2.25. The number of hydrogen-bond acceptors (Lipinski definition) is 1. The number of methoxy groups -OCH3 is 1. The summed E-state index contributed by atoms with van der Waals surface area (Å²) in [5.41, 5.74) is 1.30. The van der Waals surface area contributed by atoms with Crippen molar-refractivity contribution in [1.82, 2.24) is 0 Å². The molecule has 0 fully saturated rings. The number of benzene rings is 1. The molecule has 0 spiro atoms. The van der Waals surface area contributed by atoms with Crippen molar-refractivity contribution in [2.45, 2.75) is 31.5 Å². The minimum absolute atomic E-state index is 0.586. The molecule has 2 unspecified atom stereocenters. The van der Waals surface area contributed by atoms with Crippen LogP contribution >= 0.6 is 15.9 Å². The van der Waals surface area contributed by atoms with E-state index >= 15 is 0 Å². The van der Waals surface area contributed by atoms with Gasteiger partial charge in [0.25, 0.3) is 0 Å². The van der Waals surface area contributed by atoms with Crippen molar-refractivity contribution in [3.05, 3.63) is 29.8 Å². The molecule has 1 nitrogen and oxygen atoms in total. The molecule has 0 aromatic heterocycles. The van der Waals surface area contributed by atoms with Crippen LogP contribution in [0.5, 0.6) is 5.75 Å². The van der Waals surface area contributed by atoms with Gasteiger partial charge >= 0.3 is 0 Å². The van der Waals surface area contributed by atoms with Gasteiger partial charge in [0, 0.05) is 4.83 Å². The Hall–Kier alpha value is -0.500. The molecule has 0 aliphatic carbocycles. The smallest absolute Gasteiger partial charge is 0.122 e. The fraction of sp³-hybridized carbons (Fsp3) is 0.538. The molecule has 0 bridgehead atoms. The summed E-state index contributed by atoms with van der Waals surface area (Å²) in [6, 6.07) is 8.25. The Kier molecular flexibility index (Phi) is 5.16. The number of alkyl halides is 1. The first-order valence-electron chi connectivity index (χ1n) is 5.45. The molecular formula is C13H19BrO. The average molecular weight is 271 g/mol. The van der Waals surface area contributed by atoms with E-state index in [9.17, 15) is 0 Å². The van der Waals surface area contributed by atoms with Crippen LogP contribution in [0.4, 0.5) is 0 Å². The third-order valence-corrected chi connectivity index (χ3v) is 4.29. The van der Waals surface area contributed by atoms with Gasteiger partial charge in [-0.3, -0.25) is 0 Å². The number of halogens is 1. The van der Waals surface area contributed by atoms with E-state index in [0.717, 1.165) is 18.6 Å². The molecule has 0 radical (unpaired) electrons. The van der Waals surface area contributed by atoms with E-state index in [-0.39, 0.29) is 0 Å². The van der Waals surface area contributed by atoms with E-state index in [0.29, 0.717) is 10.7 Å². The molecule has 0 N–H and O–H groups in total. The minimum atomic E-state index is 0.586. The number of rotatable bonds is 5. The van der Waals surface area contributed by atoms with Crippen molar-refractivity contribution in [3.8, 4) is 5.75 Å². The summed E-state index contributed by atoms with van der Waals surface area (Å²) in [5.74, 6) is 1.63. The van der Waals surface area contributed by atoms with Crippen molar-refractivity contribution < 1.29 is 4.74 Å². The Labute approximate surface area is 101 Å². The number of para-hydroxylation sites is 1. The van der Waals surface area contributed by atoms with Gasteiger partial charge in [-0.1, -0.05) is 48.0 Å². The van der Waals surface area contributed by atoms with Crippen LogP contribution in [0.15, 0.2) is 24.3 Å². The molecule has 0 aliphatic heterocycles. The second-order valence-corrected chi connectivity index (χ2v) is 5.09. The molecule has 1 aromatic carbocycles. The van der Waals surface area contributed by atoms with Gasteiger partial charge in [-0.15, -0.1) is 0 Å². The van der Waals surface area contributed by atoms with Crippen LogP contribution in [-0.4, -0.2) is 11.9 Å². The molecule has 1 rings (SSSR count). The van der Waals surface area contributed by atoms with Crippen LogP contribution in [0.3, 0.4) is 0 Å². The highest BCUT2D eigenvalue weighted by molar-refractivity contribution is 9.09. The van der Waals surface area contributed by atoms with Crippen LogP contribution in [0.25, 0.3) is 0 Å². The largest absolute Gasteiger partial charge is 0.496 e. The molecule has 2 atom stereocenters. The van der Waals surface area contributed by atoms with Gasteiger partial charge in [0.2, 0.25) is 0 Å². The van der Waals surface area contributed by atoms with Crippen molar-refractivity contribution in [2.75, 3.05) is 7.11 Å². The van der Waals surface area contributed by atoms with Crippen LogP contribution in [0, 0.1) is 5.92 Å². The lowest BCUT2D eigenvalue weighted by Gasteiger charge is -2.18. The average Bonchev–Trinajstić information content (AvgIpc) is 2.28. The zero-order valence-corrected chi connectivity index (χ0v) is 11.3. The van der Waals surface area contributed by atoms with E-state index in [1.807, 2.05) is 12.1 Å². The predicted octanol–water partition coefficient (Wildman–Crippen LogP) is 4.05. The molecule has 84 valence electrons. The van der Waals surface area contributed by atoms with E-state index < -0.39 is 0 Å². The normalized spacial score (nSPS) is 14.7. The quantitative estimate of drug-likeness (QED) is 0.734. The van der Waals surface area contributed by atoms with Crippen molar-refractivity contribution >= 4 is 15.9 Å². The Morgan fingerprint density at radius 3 is 2.60 bits per heavy atom. The van der Waals surface area contributed by atoms with Gasteiger partial charge in [-0.2, -0.15) is 0 Å². The highest BCUT2D eigenvalue weighted by Gasteiger charge is 2.14. The maximum atomic E-state index is 5.34. The molecular weight excluding hydrogens is 252 g/mol. The second-order valence-electron chi connectivity index (χ2n) is 3.92. The van der Waals surface area contributed by atoms with E-state index in [1.54, 1.807) is 7.11 Å². The molecule has 0 amide bonds. The van der Waals surface area contributed by atoms with Crippen LogP contribution in [0.2, 0.25) is 0 Å². The van der Waals surface area contributed by atoms with Gasteiger partial charge in [0.15, 0.2) is 0 Å². The van der Waals surface area contributed by atoms with Gasteiger partial charge in [0.05, 0.1) is 7.11 Å². The highest BCUT2D eigenvalue weighted by atomic mass is 79.9. The van der Waals surface area contributed by atoms with Crippen LogP contribution in [0.1, 0.15) is 25.8 Å². The van der Waals surface area contributed by atoms with E-state index in [1.165, 1.54) is 5.56 Å². The van der Waals surface area contributed by atoms with Crippen molar-refractivity contribution in [2.24, 2.45) is 5.92 Å². The lowest BCUT2D eigenvalue weighted by molar-refractivity contribution is 0.404. The maximum absolute atomic E-state index is 5.34. The molecule has 0 saturated heterocycles. The summed E-state index contributed by atoms with van der Waals surface area (Å²) in [4.78, 5) is 0.586. The zero-order chi connectivity index (χ0) is 11.3. The summed E-state index contributed by atoms with van der Waals surface area (Å²) in [6.45, 7) is 4.48. The molecule has 0 aliphatic rings. The van der Waals surface area contributed by atoms with Crippen molar-refractivity contribution in [1.29, 1.82) is 0 Å². The minimum Gasteiger partial charge on any atom is -0.496 e. The maximum Gasteiger partial charge on any atom is 0.122 e. The van der Waals surface area contributed by atoms with Crippen molar-refractivity contribution in [3.63, 3.8) is 0 Å². The molecule has 15 heavy (non-hydrogen) atoms. The first-order valence-corrected chi connectivity index (χ1v) is 6.36. The Balaban J connectivity index is 2.71. The third kappa shape index (κ3) is 3.53. The van der Waals surface area contributed by atoms with Gasteiger partial charge in [-0.25, -0.2) is 0 Å². The topological polar surface area (TPSA) is 9.23 Å². The summed E-state index contributed by atoms with van der Waals surface area (Å²) in [5, 5.41) is 0. The first kappa shape index (κ1) is 12.6. The first-order chi connectivity index (χ1) is 7.19. The Morgan fingerprint density at radius 1 is 1.33 bits per heavy atom. The number of ether oxygens (including phenoxy) is 1.